The first-order valence-corrected chi connectivity index (χ1v) is 8.59. The SMILES string of the molecule is CNC[C@@H]1Cc2c(cccc2N(C)C2CCN(C)CC2)CN1. The molecule has 0 unspecified atom stereocenters. The highest BCUT2D eigenvalue weighted by atomic mass is 15.2. The van der Waals surface area contributed by atoms with E-state index in [0.29, 0.717) is 12.1 Å². The van der Waals surface area contributed by atoms with Crippen molar-refractivity contribution in [3.63, 3.8) is 0 Å². The molecule has 0 spiro atoms. The molecule has 0 aliphatic carbocycles. The van der Waals surface area contributed by atoms with Crippen molar-refractivity contribution >= 4 is 5.69 Å². The minimum atomic E-state index is 0.546. The molecular formula is C18H30N4. The molecule has 1 saturated heterocycles. The van der Waals surface area contributed by atoms with E-state index in [1.807, 2.05) is 7.05 Å². The summed E-state index contributed by atoms with van der Waals surface area (Å²) >= 11 is 0. The monoisotopic (exact) mass is 302 g/mol. The van der Waals surface area contributed by atoms with Crippen LogP contribution in [0.15, 0.2) is 18.2 Å². The summed E-state index contributed by atoms with van der Waals surface area (Å²) in [6, 6.07) is 8.05. The van der Waals surface area contributed by atoms with Gasteiger partial charge < -0.3 is 20.4 Å². The predicted molar refractivity (Wildman–Crippen MR) is 93.6 cm³/mol. The lowest BCUT2D eigenvalue weighted by Gasteiger charge is -2.39. The van der Waals surface area contributed by atoms with E-state index >= 15 is 0 Å². The van der Waals surface area contributed by atoms with Gasteiger partial charge in [0.25, 0.3) is 0 Å². The van der Waals surface area contributed by atoms with Gasteiger partial charge in [-0.3, -0.25) is 0 Å². The number of nitrogens with one attached hydrogen (secondary N) is 2. The smallest absolute Gasteiger partial charge is 0.0402 e. The second-order valence-corrected chi connectivity index (χ2v) is 6.90. The van der Waals surface area contributed by atoms with Crippen LogP contribution in [0.25, 0.3) is 0 Å². The number of benzene rings is 1. The molecule has 2 N–H and O–H groups in total. The summed E-state index contributed by atoms with van der Waals surface area (Å²) in [7, 11) is 6.56. The van der Waals surface area contributed by atoms with Crippen LogP contribution >= 0.6 is 0 Å². The van der Waals surface area contributed by atoms with Gasteiger partial charge in [0.2, 0.25) is 0 Å². The molecule has 2 aliphatic heterocycles. The maximum absolute atomic E-state index is 3.64. The Morgan fingerprint density at radius 3 is 2.82 bits per heavy atom. The lowest BCUT2D eigenvalue weighted by atomic mass is 9.92. The van der Waals surface area contributed by atoms with Crippen LogP contribution in [0, 0.1) is 0 Å². The van der Waals surface area contributed by atoms with E-state index in [2.05, 4.69) is 52.7 Å². The number of rotatable bonds is 4. The molecule has 1 aromatic rings. The van der Waals surface area contributed by atoms with E-state index < -0.39 is 0 Å². The van der Waals surface area contributed by atoms with Crippen LogP contribution in [0.5, 0.6) is 0 Å². The van der Waals surface area contributed by atoms with E-state index in [0.717, 1.165) is 19.5 Å². The van der Waals surface area contributed by atoms with Crippen LogP contribution < -0.4 is 15.5 Å². The number of likely N-dealkylation sites (tertiary alicyclic amines) is 1. The van der Waals surface area contributed by atoms with Crippen molar-refractivity contribution in [1.29, 1.82) is 0 Å². The Morgan fingerprint density at radius 1 is 1.32 bits per heavy atom. The molecular weight excluding hydrogens is 272 g/mol. The second-order valence-electron chi connectivity index (χ2n) is 6.90. The topological polar surface area (TPSA) is 30.5 Å². The average Bonchev–Trinajstić information content (AvgIpc) is 2.54. The van der Waals surface area contributed by atoms with Gasteiger partial charge >= 0.3 is 0 Å². The Hall–Kier alpha value is -1.10. The van der Waals surface area contributed by atoms with Gasteiger partial charge in [-0.05, 0) is 63.6 Å². The van der Waals surface area contributed by atoms with E-state index in [9.17, 15) is 0 Å². The van der Waals surface area contributed by atoms with Crippen molar-refractivity contribution < 1.29 is 0 Å². The Balaban J connectivity index is 1.79. The fourth-order valence-electron chi connectivity index (χ4n) is 3.90. The van der Waals surface area contributed by atoms with Crippen molar-refractivity contribution in [2.45, 2.75) is 37.9 Å². The first kappa shape index (κ1) is 15.8. The molecule has 0 saturated carbocycles. The molecule has 4 heteroatoms. The number of fused-ring (bicyclic) bond motifs is 1. The van der Waals surface area contributed by atoms with Gasteiger partial charge in [0.15, 0.2) is 0 Å². The van der Waals surface area contributed by atoms with E-state index in [1.54, 1.807) is 5.56 Å². The lowest BCUT2D eigenvalue weighted by molar-refractivity contribution is 0.252. The Bertz CT molecular complexity index is 494. The maximum Gasteiger partial charge on any atom is 0.0402 e. The molecule has 1 aromatic carbocycles. The molecule has 4 nitrogen and oxygen atoms in total. The highest BCUT2D eigenvalue weighted by Crippen LogP contribution is 2.30. The van der Waals surface area contributed by atoms with E-state index in [1.165, 1.54) is 37.2 Å². The Labute approximate surface area is 134 Å². The van der Waals surface area contributed by atoms with Gasteiger partial charge in [-0.2, -0.15) is 0 Å². The van der Waals surface area contributed by atoms with Gasteiger partial charge in [-0.15, -0.1) is 0 Å². The van der Waals surface area contributed by atoms with Crippen molar-refractivity contribution in [1.82, 2.24) is 15.5 Å². The molecule has 22 heavy (non-hydrogen) atoms. The van der Waals surface area contributed by atoms with Crippen LogP contribution in [0.2, 0.25) is 0 Å². The summed E-state index contributed by atoms with van der Waals surface area (Å²) in [6.07, 6.45) is 3.67. The molecule has 2 aliphatic rings. The van der Waals surface area contributed by atoms with E-state index in [-0.39, 0.29) is 0 Å². The number of nitrogens with zero attached hydrogens (tertiary/aromatic N) is 2. The zero-order valence-electron chi connectivity index (χ0n) is 14.2. The standard InChI is InChI=1S/C18H30N4/c1-19-13-15-11-17-14(12-20-15)5-4-6-18(17)22(3)16-7-9-21(2)10-8-16/h4-6,15-16,19-20H,7-13H2,1-3H3/t15-/m0/s1. The van der Waals surface area contributed by atoms with Gasteiger partial charge in [0.1, 0.15) is 0 Å². The van der Waals surface area contributed by atoms with Gasteiger partial charge in [-0.25, -0.2) is 0 Å². The zero-order valence-corrected chi connectivity index (χ0v) is 14.2. The van der Waals surface area contributed by atoms with Crippen LogP contribution in [0.1, 0.15) is 24.0 Å². The summed E-state index contributed by atoms with van der Waals surface area (Å²) in [5, 5.41) is 6.94. The first-order chi connectivity index (χ1) is 10.7. The zero-order chi connectivity index (χ0) is 15.5. The van der Waals surface area contributed by atoms with Crippen LogP contribution in [0.4, 0.5) is 5.69 Å². The fraction of sp³-hybridized carbons (Fsp3) is 0.667. The molecule has 0 aromatic heterocycles. The highest BCUT2D eigenvalue weighted by molar-refractivity contribution is 5.58. The molecule has 2 heterocycles. The van der Waals surface area contributed by atoms with Gasteiger partial charge in [0.05, 0.1) is 0 Å². The summed E-state index contributed by atoms with van der Waals surface area (Å²) in [4.78, 5) is 4.99. The largest absolute Gasteiger partial charge is 0.371 e. The molecule has 1 fully saturated rings. The number of hydrogen-bond donors (Lipinski definition) is 2. The maximum atomic E-state index is 3.64. The van der Waals surface area contributed by atoms with Gasteiger partial charge in [-0.1, -0.05) is 12.1 Å². The summed E-state index contributed by atoms with van der Waals surface area (Å²) in [5.74, 6) is 0. The van der Waals surface area contributed by atoms with Gasteiger partial charge in [0, 0.05) is 37.9 Å². The number of piperidine rings is 1. The minimum Gasteiger partial charge on any atom is -0.371 e. The molecule has 122 valence electrons. The Kier molecular flexibility index (Phi) is 5.01. The third-order valence-corrected chi connectivity index (χ3v) is 5.35. The molecule has 0 amide bonds. The van der Waals surface area contributed by atoms with Crippen molar-refractivity contribution in [3.05, 3.63) is 29.3 Å². The summed E-state index contributed by atoms with van der Waals surface area (Å²) in [6.45, 7) is 4.46. The first-order valence-electron chi connectivity index (χ1n) is 8.59. The van der Waals surface area contributed by atoms with Crippen LogP contribution in [-0.2, 0) is 13.0 Å². The number of anilines is 1. The normalized spacial score (nSPS) is 23.3. The molecule has 0 radical (unpaired) electrons. The van der Waals surface area contributed by atoms with Crippen molar-refractivity contribution in [3.8, 4) is 0 Å². The van der Waals surface area contributed by atoms with Crippen LogP contribution in [0.3, 0.4) is 0 Å². The molecule has 0 bridgehead atoms. The summed E-state index contributed by atoms with van der Waals surface area (Å²) < 4.78 is 0. The second kappa shape index (κ2) is 6.99. The average molecular weight is 302 g/mol. The summed E-state index contributed by atoms with van der Waals surface area (Å²) in [5.41, 5.74) is 4.49. The third-order valence-electron chi connectivity index (χ3n) is 5.35. The molecule has 1 atom stereocenters. The predicted octanol–water partition coefficient (Wildman–Crippen LogP) is 1.45. The molecule has 3 rings (SSSR count). The number of likely N-dealkylation sites (N-methyl/N-ethyl adjacent to an activating group) is 1. The quantitative estimate of drug-likeness (QED) is 0.881. The third kappa shape index (κ3) is 3.29. The van der Waals surface area contributed by atoms with Crippen molar-refractivity contribution in [2.24, 2.45) is 0 Å². The van der Waals surface area contributed by atoms with Crippen molar-refractivity contribution in [2.75, 3.05) is 45.7 Å². The highest BCUT2D eigenvalue weighted by Gasteiger charge is 2.25. The van der Waals surface area contributed by atoms with Crippen LogP contribution in [-0.4, -0.2) is 57.8 Å². The van der Waals surface area contributed by atoms with E-state index in [4.69, 9.17) is 0 Å². The lowest BCUT2D eigenvalue weighted by Crippen LogP contribution is -2.44. The number of hydrogen-bond acceptors (Lipinski definition) is 4. The Morgan fingerprint density at radius 2 is 2.09 bits per heavy atom. The fourth-order valence-corrected chi connectivity index (χ4v) is 3.90. The minimum absolute atomic E-state index is 0.546.